The van der Waals surface area contributed by atoms with Crippen molar-refractivity contribution in [1.82, 2.24) is 18.8 Å². The maximum absolute atomic E-state index is 14.3. The summed E-state index contributed by atoms with van der Waals surface area (Å²) in [7, 11) is -4.05. The van der Waals surface area contributed by atoms with Crippen molar-refractivity contribution in [2.45, 2.75) is 105 Å². The molecule has 0 saturated carbocycles. The van der Waals surface area contributed by atoms with Crippen LogP contribution in [0, 0.1) is 17.3 Å². The molecular formula is C37H54N4O8S. The summed E-state index contributed by atoms with van der Waals surface area (Å²) in [5.41, 5.74) is 1.26. The van der Waals surface area contributed by atoms with Crippen molar-refractivity contribution in [3.63, 3.8) is 0 Å². The maximum Gasteiger partial charge on any atom is 0.309 e. The number of piperidine rings is 1. The van der Waals surface area contributed by atoms with Gasteiger partial charge in [0.25, 0.3) is 5.56 Å². The second-order valence-electron chi connectivity index (χ2n) is 12.9. The first-order chi connectivity index (χ1) is 24.0. The van der Waals surface area contributed by atoms with Crippen molar-refractivity contribution in [1.29, 1.82) is 0 Å². The smallest absolute Gasteiger partial charge is 0.309 e. The van der Waals surface area contributed by atoms with Gasteiger partial charge < -0.3 is 23.8 Å². The van der Waals surface area contributed by atoms with E-state index in [2.05, 4.69) is 11.9 Å². The predicted molar refractivity (Wildman–Crippen MR) is 192 cm³/mol. The number of H-pyrrole nitrogens is 1. The Labute approximate surface area is 295 Å². The Morgan fingerprint density at radius 3 is 2.08 bits per heavy atom. The van der Waals surface area contributed by atoms with Gasteiger partial charge in [-0.25, -0.2) is 13.4 Å². The van der Waals surface area contributed by atoms with Crippen LogP contribution >= 0.6 is 0 Å². The van der Waals surface area contributed by atoms with Crippen LogP contribution in [-0.4, -0.2) is 72.1 Å². The molecule has 1 aliphatic rings. The molecule has 1 aliphatic heterocycles. The third kappa shape index (κ3) is 7.63. The predicted octanol–water partition coefficient (Wildman–Crippen LogP) is 6.10. The van der Waals surface area contributed by atoms with E-state index in [4.69, 9.17) is 19.2 Å². The number of fused-ring (bicyclic) bond motifs is 1. The fourth-order valence-electron chi connectivity index (χ4n) is 7.63. The van der Waals surface area contributed by atoms with E-state index in [1.165, 1.54) is 16.4 Å². The Balaban J connectivity index is 1.77. The number of aromatic nitrogens is 3. The van der Waals surface area contributed by atoms with Gasteiger partial charge in [0.05, 0.1) is 47.6 Å². The third-order valence-corrected chi connectivity index (χ3v) is 11.9. The van der Waals surface area contributed by atoms with Crippen LogP contribution in [0.4, 0.5) is 0 Å². The van der Waals surface area contributed by atoms with E-state index in [1.807, 2.05) is 38.5 Å². The van der Waals surface area contributed by atoms with Gasteiger partial charge in [0.15, 0.2) is 0 Å². The molecular weight excluding hydrogens is 660 g/mol. The molecule has 0 aliphatic carbocycles. The zero-order valence-corrected chi connectivity index (χ0v) is 31.5. The number of carbonyl (C=O) groups is 2. The number of nitrogens with one attached hydrogen (secondary N) is 1. The third-order valence-electron chi connectivity index (χ3n) is 9.96. The van der Waals surface area contributed by atoms with E-state index in [-0.39, 0.29) is 67.4 Å². The number of ether oxygens (including phenoxy) is 3. The first-order valence-corrected chi connectivity index (χ1v) is 19.6. The lowest BCUT2D eigenvalue weighted by atomic mass is 9.59. The van der Waals surface area contributed by atoms with Gasteiger partial charge in [-0.05, 0) is 88.5 Å². The molecule has 2 aromatic heterocycles. The molecule has 12 nitrogen and oxygen atoms in total. The van der Waals surface area contributed by atoms with E-state index in [9.17, 15) is 22.8 Å². The molecule has 0 radical (unpaired) electrons. The Bertz CT molecular complexity index is 1780. The molecule has 2 atom stereocenters. The second-order valence-corrected chi connectivity index (χ2v) is 14.8. The average Bonchev–Trinajstić information content (AvgIpc) is 3.46. The highest BCUT2D eigenvalue weighted by Crippen LogP contribution is 2.50. The first-order valence-electron chi connectivity index (χ1n) is 18.2. The van der Waals surface area contributed by atoms with Crippen molar-refractivity contribution in [3.8, 4) is 17.1 Å². The monoisotopic (exact) mass is 714 g/mol. The summed E-state index contributed by atoms with van der Waals surface area (Å²) in [6.07, 6.45) is 5.77. The second kappa shape index (κ2) is 17.0. The molecule has 13 heteroatoms. The number of hydrogen-bond donors (Lipinski definition) is 1. The van der Waals surface area contributed by atoms with E-state index in [1.54, 1.807) is 19.9 Å². The van der Waals surface area contributed by atoms with Crippen molar-refractivity contribution in [2.75, 3.05) is 32.9 Å². The summed E-state index contributed by atoms with van der Waals surface area (Å²) >= 11 is 0. The number of benzene rings is 1. The Kier molecular flexibility index (Phi) is 13.3. The van der Waals surface area contributed by atoms with Crippen molar-refractivity contribution in [3.05, 3.63) is 40.3 Å². The number of aromatic amines is 1. The van der Waals surface area contributed by atoms with Gasteiger partial charge in [0.2, 0.25) is 10.0 Å². The van der Waals surface area contributed by atoms with Crippen LogP contribution in [0.15, 0.2) is 34.1 Å². The fourth-order valence-corrected chi connectivity index (χ4v) is 9.09. The number of esters is 2. The van der Waals surface area contributed by atoms with Gasteiger partial charge in [-0.2, -0.15) is 4.31 Å². The van der Waals surface area contributed by atoms with Crippen molar-refractivity contribution >= 4 is 33.0 Å². The molecule has 3 aromatic rings. The van der Waals surface area contributed by atoms with Gasteiger partial charge in [-0.1, -0.05) is 34.1 Å². The minimum absolute atomic E-state index is 0.0290. The maximum atomic E-state index is 14.3. The Hall–Kier alpha value is -3.71. The molecule has 1 aromatic carbocycles. The topological polar surface area (TPSA) is 150 Å². The first kappa shape index (κ1) is 39.1. The largest absolute Gasteiger partial charge is 0.493 e. The zero-order chi connectivity index (χ0) is 36.6. The van der Waals surface area contributed by atoms with Crippen LogP contribution in [0.1, 0.15) is 92.6 Å². The molecule has 0 amide bonds. The number of rotatable bonds is 17. The number of sulfonamides is 1. The summed E-state index contributed by atoms with van der Waals surface area (Å²) in [5.74, 6) is -1.30. The summed E-state index contributed by atoms with van der Waals surface area (Å²) in [5, 5.41) is 0. The molecule has 276 valence electrons. The van der Waals surface area contributed by atoms with Gasteiger partial charge in [0, 0.05) is 25.8 Å². The quantitative estimate of drug-likeness (QED) is 0.164. The lowest BCUT2D eigenvalue weighted by Gasteiger charge is -2.48. The molecule has 4 rings (SSSR count). The van der Waals surface area contributed by atoms with Crippen LogP contribution in [-0.2, 0) is 42.1 Å². The van der Waals surface area contributed by atoms with Gasteiger partial charge in [0.1, 0.15) is 17.1 Å². The van der Waals surface area contributed by atoms with Gasteiger partial charge >= 0.3 is 11.9 Å². The van der Waals surface area contributed by atoms with Crippen LogP contribution in [0.25, 0.3) is 22.4 Å². The van der Waals surface area contributed by atoms with E-state index in [0.717, 1.165) is 24.8 Å². The average molecular weight is 715 g/mol. The molecule has 0 spiro atoms. The van der Waals surface area contributed by atoms with Crippen LogP contribution < -0.4 is 10.3 Å². The van der Waals surface area contributed by atoms with Crippen molar-refractivity contribution in [2.24, 2.45) is 17.3 Å². The normalized spacial score (nSPS) is 16.2. The van der Waals surface area contributed by atoms with E-state index < -0.39 is 27.3 Å². The van der Waals surface area contributed by atoms with Crippen molar-refractivity contribution < 1.29 is 32.2 Å². The lowest BCUT2D eigenvalue weighted by molar-refractivity contribution is -0.166. The number of nitrogens with zero attached hydrogens (tertiary/aromatic N) is 3. The zero-order valence-electron chi connectivity index (χ0n) is 30.7. The molecule has 1 saturated heterocycles. The van der Waals surface area contributed by atoms with Crippen LogP contribution in [0.5, 0.6) is 5.75 Å². The summed E-state index contributed by atoms with van der Waals surface area (Å²) in [6, 6.07) is 4.64. The highest BCUT2D eigenvalue weighted by atomic mass is 32.2. The number of carbonyl (C=O) groups excluding carboxylic acids is 2. The Morgan fingerprint density at radius 1 is 0.940 bits per heavy atom. The molecule has 0 bridgehead atoms. The molecule has 50 heavy (non-hydrogen) atoms. The minimum Gasteiger partial charge on any atom is -0.493 e. The van der Waals surface area contributed by atoms with Crippen LogP contribution in [0.2, 0.25) is 0 Å². The summed E-state index contributed by atoms with van der Waals surface area (Å²) in [6.45, 7) is 14.9. The van der Waals surface area contributed by atoms with Gasteiger partial charge in [-0.15, -0.1) is 0 Å². The molecule has 3 heterocycles. The van der Waals surface area contributed by atoms with Crippen LogP contribution in [0.3, 0.4) is 0 Å². The van der Waals surface area contributed by atoms with E-state index in [0.29, 0.717) is 48.3 Å². The summed E-state index contributed by atoms with van der Waals surface area (Å²) in [4.78, 5) is 47.9. The SMILES string of the molecule is CCCOc1ccc(S(=O)(=O)N2CCC(C(CC)C(=O)OCC)(C(CC)C(=O)OCC)CC2)cc1-c1nc2c(CCC)cn(CC)c2c(=O)[nH]1. The molecule has 1 N–H and O–H groups in total. The molecule has 2 unspecified atom stereocenters. The fraction of sp³-hybridized carbons (Fsp3) is 0.622. The highest BCUT2D eigenvalue weighted by molar-refractivity contribution is 7.89. The lowest BCUT2D eigenvalue weighted by Crippen LogP contribution is -2.53. The number of hydrogen-bond acceptors (Lipinski definition) is 9. The highest BCUT2D eigenvalue weighted by Gasteiger charge is 2.53. The molecule has 1 fully saturated rings. The van der Waals surface area contributed by atoms with Gasteiger partial charge in [-0.3, -0.25) is 14.4 Å². The number of aryl methyl sites for hydroxylation is 2. The minimum atomic E-state index is -4.05. The Morgan fingerprint density at radius 2 is 1.56 bits per heavy atom. The van der Waals surface area contributed by atoms with E-state index >= 15 is 0 Å². The summed E-state index contributed by atoms with van der Waals surface area (Å²) < 4.78 is 48.9. The standard InChI is InChI=1S/C37H54N4O8S/c1-8-15-25-24-40(12-5)32-31(25)38-33(39-34(32)42)27-23-26(16-17-30(27)49-22-9-2)50(45,46)41-20-18-37(19-21-41,28(10-3)35(43)47-13-6)29(11-4)36(44)48-14-7/h16-17,23-24,28-29H,8-15,18-22H2,1-7H3,(H,38,39,42).